The van der Waals surface area contributed by atoms with Crippen molar-refractivity contribution in [2.75, 3.05) is 0 Å². The van der Waals surface area contributed by atoms with Crippen LogP contribution in [0.5, 0.6) is 0 Å². The largest absolute Gasteiger partial charge is 3.00 e. The molecule has 0 aromatic rings. The van der Waals surface area contributed by atoms with E-state index in [1.807, 2.05) is 0 Å². The van der Waals surface area contributed by atoms with Gasteiger partial charge in [-0.05, 0) is 0 Å². The first-order valence-electron chi connectivity index (χ1n) is 0.500. The van der Waals surface area contributed by atoms with E-state index in [-0.39, 0.29) is 42.2 Å². The zero-order valence-corrected chi connectivity index (χ0v) is 8.13. The van der Waals surface area contributed by atoms with Crippen LogP contribution in [-0.4, -0.2) is 34.3 Å². The molecule has 0 radical (unpaired) electrons. The summed E-state index contributed by atoms with van der Waals surface area (Å²) in [6.07, 6.45) is 0. The predicted molar refractivity (Wildman–Crippen MR) is 12.2 cm³/mol. The molecular formula is AgGaO3Se+2. The van der Waals surface area contributed by atoms with Gasteiger partial charge in [0.15, 0.2) is 0 Å². The van der Waals surface area contributed by atoms with Crippen LogP contribution in [-0.2, 0) is 26.2 Å². The molecule has 0 aromatic carbocycles. The van der Waals surface area contributed by atoms with Crippen LogP contribution < -0.4 is 8.38 Å². The van der Waals surface area contributed by atoms with Crippen molar-refractivity contribution in [1.29, 1.82) is 0 Å². The second kappa shape index (κ2) is 9.79. The van der Waals surface area contributed by atoms with Gasteiger partial charge >= 0.3 is 68.9 Å². The molecule has 0 atom stereocenters. The molecule has 6 heteroatoms. The second-order valence-electron chi connectivity index (χ2n) is 0.204. The Morgan fingerprint density at radius 3 is 1.33 bits per heavy atom. The summed E-state index contributed by atoms with van der Waals surface area (Å²) in [6, 6.07) is 0. The maximum absolute atomic E-state index is 8.54. The van der Waals surface area contributed by atoms with Crippen LogP contribution in [0.2, 0.25) is 0 Å². The molecule has 0 unspecified atom stereocenters. The maximum Gasteiger partial charge on any atom is 3.00 e. The van der Waals surface area contributed by atoms with Crippen molar-refractivity contribution < 1.29 is 34.6 Å². The maximum atomic E-state index is 8.54. The zero-order valence-electron chi connectivity index (χ0n) is 2.51. The average Bonchev–Trinajstić information content (AvgIpc) is 0.811. The SMILES string of the molecule is O=[Se]([O-])[O-].[Ag+].[Ga+3]. The molecule has 0 heterocycles. The van der Waals surface area contributed by atoms with Crippen LogP contribution in [0.1, 0.15) is 0 Å². The number of hydrogen-bond acceptors (Lipinski definition) is 3. The van der Waals surface area contributed by atoms with E-state index < -0.39 is 14.5 Å². The van der Waals surface area contributed by atoms with Crippen molar-refractivity contribution in [3.05, 3.63) is 0 Å². The summed E-state index contributed by atoms with van der Waals surface area (Å²) in [5, 5.41) is 0. The molecule has 0 saturated heterocycles. The minimum Gasteiger partial charge on any atom is 1.00 e. The van der Waals surface area contributed by atoms with E-state index in [2.05, 4.69) is 0 Å². The molecule has 0 amide bonds. The molecule has 0 spiro atoms. The molecule has 0 aromatic heterocycles. The Labute approximate surface area is 68.4 Å². The van der Waals surface area contributed by atoms with Crippen LogP contribution >= 0.6 is 0 Å². The fraction of sp³-hybridized carbons (Fsp3) is 0. The number of rotatable bonds is 0. The van der Waals surface area contributed by atoms with Gasteiger partial charge in [-0.3, -0.25) is 0 Å². The summed E-state index contributed by atoms with van der Waals surface area (Å²) in [5.74, 6) is 0. The normalized spacial score (nSPS) is 5.83. The Morgan fingerprint density at radius 2 is 1.33 bits per heavy atom. The average molecular weight is 305 g/mol. The molecule has 6 heavy (non-hydrogen) atoms. The van der Waals surface area contributed by atoms with Gasteiger partial charge in [0.05, 0.1) is 0 Å². The Hall–Kier alpha value is 1.62. The van der Waals surface area contributed by atoms with Gasteiger partial charge in [0, 0.05) is 0 Å². The van der Waals surface area contributed by atoms with Gasteiger partial charge < -0.3 is 0 Å². The first-order valence-corrected chi connectivity index (χ1v) is 2.60. The Balaban J connectivity index is -0.0000000450. The smallest absolute Gasteiger partial charge is 1.00 e. The molecule has 0 aliphatic heterocycles. The zero-order chi connectivity index (χ0) is 3.58. The molecule has 0 rings (SSSR count). The van der Waals surface area contributed by atoms with E-state index in [9.17, 15) is 0 Å². The fourth-order valence-corrected chi connectivity index (χ4v) is 0. The second-order valence-corrected chi connectivity index (χ2v) is 1.06. The van der Waals surface area contributed by atoms with E-state index in [4.69, 9.17) is 12.2 Å². The number of hydrogen-bond donors (Lipinski definition) is 0. The topological polar surface area (TPSA) is 63.2 Å². The molecular weight excluding hydrogens is 305 g/mol. The molecule has 0 saturated carbocycles. The standard InChI is InChI=1S/Ag.Ga.H2O3Se/c;;1-4(2)3/h;;(H2,1,2,3)/q+1;+3;/p-2. The third-order valence-corrected chi connectivity index (χ3v) is 0. The Bertz CT molecular complexity index is 33.8. The minimum atomic E-state index is -3.79. The molecule has 36 valence electrons. The van der Waals surface area contributed by atoms with E-state index in [0.29, 0.717) is 0 Å². The van der Waals surface area contributed by atoms with E-state index in [1.54, 1.807) is 0 Å². The summed E-state index contributed by atoms with van der Waals surface area (Å²) in [7, 11) is 0. The van der Waals surface area contributed by atoms with Crippen LogP contribution in [0, 0.1) is 0 Å². The molecule has 0 N–H and O–H groups in total. The third-order valence-electron chi connectivity index (χ3n) is 0. The van der Waals surface area contributed by atoms with E-state index >= 15 is 0 Å². The predicted octanol–water partition coefficient (Wildman–Crippen LogP) is -3.26. The van der Waals surface area contributed by atoms with Crippen molar-refractivity contribution in [2.45, 2.75) is 0 Å². The van der Waals surface area contributed by atoms with Crippen molar-refractivity contribution in [1.82, 2.24) is 0 Å². The first-order chi connectivity index (χ1) is 1.73. The Kier molecular flexibility index (Phi) is 25.5. The quantitative estimate of drug-likeness (QED) is 0.441. The summed E-state index contributed by atoms with van der Waals surface area (Å²) in [4.78, 5) is 0. The van der Waals surface area contributed by atoms with Gasteiger partial charge in [-0.1, -0.05) is 0 Å². The molecule has 0 bridgehead atoms. The monoisotopic (exact) mass is 304 g/mol. The van der Waals surface area contributed by atoms with Crippen molar-refractivity contribution in [3.63, 3.8) is 0 Å². The molecule has 0 fully saturated rings. The first kappa shape index (κ1) is 15.6. The summed E-state index contributed by atoms with van der Waals surface area (Å²) < 4.78 is 25.6. The van der Waals surface area contributed by atoms with Crippen LogP contribution in [0.3, 0.4) is 0 Å². The van der Waals surface area contributed by atoms with Gasteiger partial charge in [0.25, 0.3) is 0 Å². The van der Waals surface area contributed by atoms with Gasteiger partial charge in [0.2, 0.25) is 0 Å². The van der Waals surface area contributed by atoms with E-state index in [1.165, 1.54) is 0 Å². The van der Waals surface area contributed by atoms with Crippen molar-refractivity contribution in [2.24, 2.45) is 0 Å². The van der Waals surface area contributed by atoms with Crippen molar-refractivity contribution >= 4 is 34.3 Å². The summed E-state index contributed by atoms with van der Waals surface area (Å²) >= 11 is -3.79. The summed E-state index contributed by atoms with van der Waals surface area (Å²) in [6.45, 7) is 0. The van der Waals surface area contributed by atoms with Gasteiger partial charge in [0.1, 0.15) is 0 Å². The molecule has 0 aliphatic carbocycles. The van der Waals surface area contributed by atoms with Gasteiger partial charge in [-0.2, -0.15) is 0 Å². The van der Waals surface area contributed by atoms with Gasteiger partial charge in [-0.25, -0.2) is 0 Å². The summed E-state index contributed by atoms with van der Waals surface area (Å²) in [5.41, 5.74) is 0. The Morgan fingerprint density at radius 1 is 1.33 bits per heavy atom. The fourth-order valence-electron chi connectivity index (χ4n) is 0. The molecule has 0 aliphatic rings. The van der Waals surface area contributed by atoms with E-state index in [0.717, 1.165) is 0 Å². The van der Waals surface area contributed by atoms with Crippen LogP contribution in [0.4, 0.5) is 0 Å². The third kappa shape index (κ3) is 45.8. The van der Waals surface area contributed by atoms with Crippen LogP contribution in [0.25, 0.3) is 0 Å². The van der Waals surface area contributed by atoms with Crippen molar-refractivity contribution in [3.8, 4) is 0 Å². The minimum absolute atomic E-state index is 0. The van der Waals surface area contributed by atoms with Gasteiger partial charge in [-0.15, -0.1) is 0 Å². The molecule has 3 nitrogen and oxygen atoms in total. The van der Waals surface area contributed by atoms with Crippen LogP contribution in [0.15, 0.2) is 0 Å².